The van der Waals surface area contributed by atoms with Crippen LogP contribution in [0.3, 0.4) is 0 Å². The van der Waals surface area contributed by atoms with E-state index in [0.29, 0.717) is 0 Å². The predicted molar refractivity (Wildman–Crippen MR) is 182 cm³/mol. The molecule has 0 unspecified atom stereocenters. The first-order valence-corrected chi connectivity index (χ1v) is 14.9. The van der Waals surface area contributed by atoms with E-state index in [1.54, 1.807) is 0 Å². The Bertz CT molecular complexity index is 1720. The van der Waals surface area contributed by atoms with Crippen molar-refractivity contribution in [1.82, 2.24) is 0 Å². The first-order valence-electron chi connectivity index (χ1n) is 14.9. The van der Waals surface area contributed by atoms with E-state index in [0.717, 1.165) is 24.3 Å². The summed E-state index contributed by atoms with van der Waals surface area (Å²) in [5.74, 6) is -2.64. The fourth-order valence-corrected chi connectivity index (χ4v) is 5.98. The number of hydrogen-bond acceptors (Lipinski definition) is 8. The summed E-state index contributed by atoms with van der Waals surface area (Å²) < 4.78 is 0. The van der Waals surface area contributed by atoms with Crippen LogP contribution < -0.4 is 0 Å². The van der Waals surface area contributed by atoms with Gasteiger partial charge in [-0.2, -0.15) is 0 Å². The molecule has 1 aliphatic carbocycles. The lowest BCUT2D eigenvalue weighted by molar-refractivity contribution is 0.103. The molecule has 0 radical (unpaired) electrons. The summed E-state index contributed by atoms with van der Waals surface area (Å²) in [5, 5.41) is 46.2. The molecule has 8 bridgehead atoms. The zero-order valence-corrected chi connectivity index (χ0v) is 26.0. The SMILES string of the molecule is C=CC(=O)c1cc2c(O)c(c1)Cc1cc(C(=O)C=C)cc(c1O)Cc1cc(C(=O)C=C)cc(c1O)Cc1cc(C(=O)C=C)cc(c1O)C2. The molecule has 0 spiro atoms. The monoisotopic (exact) mass is 640 g/mol. The van der Waals surface area contributed by atoms with Crippen LogP contribution in [0.15, 0.2) is 99.2 Å². The molecule has 5 rings (SSSR count). The second kappa shape index (κ2) is 13.2. The Hall–Kier alpha value is -6.28. The highest BCUT2D eigenvalue weighted by atomic mass is 16.3. The molecule has 0 atom stereocenters. The van der Waals surface area contributed by atoms with Crippen LogP contribution in [0.25, 0.3) is 0 Å². The van der Waals surface area contributed by atoms with Gasteiger partial charge in [0, 0.05) is 47.9 Å². The highest BCUT2D eigenvalue weighted by Crippen LogP contribution is 2.39. The minimum atomic E-state index is -0.438. The largest absolute Gasteiger partial charge is 0.507 e. The molecule has 0 amide bonds. The van der Waals surface area contributed by atoms with Gasteiger partial charge in [-0.3, -0.25) is 19.2 Å². The van der Waals surface area contributed by atoms with Gasteiger partial charge in [-0.25, -0.2) is 0 Å². The van der Waals surface area contributed by atoms with Crippen LogP contribution in [0, 0.1) is 0 Å². The molecular formula is C40H32O8. The van der Waals surface area contributed by atoms with Crippen molar-refractivity contribution >= 4 is 23.1 Å². The van der Waals surface area contributed by atoms with Crippen LogP contribution >= 0.6 is 0 Å². The lowest BCUT2D eigenvalue weighted by Crippen LogP contribution is -2.07. The van der Waals surface area contributed by atoms with Crippen molar-refractivity contribution in [3.63, 3.8) is 0 Å². The molecule has 48 heavy (non-hydrogen) atoms. The molecule has 4 N–H and O–H groups in total. The maximum atomic E-state index is 12.8. The lowest BCUT2D eigenvalue weighted by Gasteiger charge is -2.19. The van der Waals surface area contributed by atoms with E-state index in [2.05, 4.69) is 26.3 Å². The van der Waals surface area contributed by atoms with Crippen LogP contribution in [-0.2, 0) is 25.7 Å². The van der Waals surface area contributed by atoms with E-state index in [1.807, 2.05) is 0 Å². The van der Waals surface area contributed by atoms with E-state index >= 15 is 0 Å². The van der Waals surface area contributed by atoms with Crippen LogP contribution in [0.2, 0.25) is 0 Å². The standard InChI is InChI=1S/C40H32O8/c1-5-33(41)21-9-25-17-27-11-22(34(42)6-2)13-29(38(27)46)19-31-15-24(36(44)8-4)16-32(40(31)48)20-30-14-23(35(43)7-3)12-28(39(30)47)18-26(10-21)37(25)45/h5-16,45-48H,1-4,17-20H2. The van der Waals surface area contributed by atoms with E-state index in [9.17, 15) is 39.6 Å². The van der Waals surface area contributed by atoms with Gasteiger partial charge in [0.1, 0.15) is 23.0 Å². The Labute approximate surface area is 277 Å². The minimum absolute atomic E-state index is 0.132. The number of carbonyl (C=O) groups excluding carboxylic acids is 4. The Balaban J connectivity index is 1.88. The zero-order chi connectivity index (χ0) is 34.9. The van der Waals surface area contributed by atoms with Crippen molar-refractivity contribution in [2.45, 2.75) is 25.7 Å². The topological polar surface area (TPSA) is 149 Å². The van der Waals surface area contributed by atoms with E-state index < -0.39 is 23.1 Å². The third kappa shape index (κ3) is 6.24. The maximum absolute atomic E-state index is 12.8. The maximum Gasteiger partial charge on any atom is 0.185 e. The summed E-state index contributed by atoms with van der Waals surface area (Å²) in [6, 6.07) is 11.7. The zero-order valence-electron chi connectivity index (χ0n) is 26.0. The van der Waals surface area contributed by atoms with Crippen molar-refractivity contribution in [1.29, 1.82) is 0 Å². The predicted octanol–water partition coefficient (Wildman–Crippen LogP) is 6.66. The average Bonchev–Trinajstić information content (AvgIpc) is 3.08. The molecule has 0 aliphatic heterocycles. The number of fused-ring (bicyclic) bond motifs is 8. The summed E-state index contributed by atoms with van der Waals surface area (Å²) in [6.45, 7) is 14.3. The fourth-order valence-electron chi connectivity index (χ4n) is 5.98. The Kier molecular flexibility index (Phi) is 9.11. The van der Waals surface area contributed by atoms with Gasteiger partial charge in [0.25, 0.3) is 0 Å². The van der Waals surface area contributed by atoms with Crippen molar-refractivity contribution < 1.29 is 39.6 Å². The van der Waals surface area contributed by atoms with Gasteiger partial charge in [0.15, 0.2) is 23.1 Å². The van der Waals surface area contributed by atoms with Crippen LogP contribution in [-0.4, -0.2) is 43.6 Å². The number of hydrogen-bond donors (Lipinski definition) is 4. The van der Waals surface area contributed by atoms with Crippen LogP contribution in [0.4, 0.5) is 0 Å². The quantitative estimate of drug-likeness (QED) is 0.109. The van der Waals surface area contributed by atoms with Gasteiger partial charge in [-0.15, -0.1) is 0 Å². The van der Waals surface area contributed by atoms with Crippen molar-refractivity contribution in [2.24, 2.45) is 0 Å². The number of carbonyl (C=O) groups is 4. The summed E-state index contributed by atoms with van der Waals surface area (Å²) in [7, 11) is 0. The van der Waals surface area contributed by atoms with Gasteiger partial charge < -0.3 is 20.4 Å². The summed E-state index contributed by atoms with van der Waals surface area (Å²) in [5.41, 5.74) is 2.60. The Morgan fingerprint density at radius 3 is 0.646 bits per heavy atom. The lowest BCUT2D eigenvalue weighted by atomic mass is 9.87. The third-order valence-electron chi connectivity index (χ3n) is 8.47. The first-order chi connectivity index (χ1) is 22.9. The highest BCUT2D eigenvalue weighted by molar-refractivity contribution is 6.06. The van der Waals surface area contributed by atoms with Crippen molar-refractivity contribution in [3.05, 3.63) is 166 Å². The number of rotatable bonds is 8. The van der Waals surface area contributed by atoms with Crippen molar-refractivity contribution in [3.8, 4) is 23.0 Å². The molecule has 0 fully saturated rings. The second-order valence-corrected chi connectivity index (χ2v) is 11.6. The number of phenolic OH excluding ortho intramolecular Hbond substituents is 4. The normalized spacial score (nSPS) is 12.0. The molecule has 4 aromatic carbocycles. The summed E-state index contributed by atoms with van der Waals surface area (Å²) in [6.07, 6.45) is 3.95. The number of phenols is 4. The van der Waals surface area contributed by atoms with Crippen LogP contribution in [0.1, 0.15) is 85.9 Å². The minimum Gasteiger partial charge on any atom is -0.507 e. The first kappa shape index (κ1) is 33.1. The van der Waals surface area contributed by atoms with E-state index in [1.165, 1.54) is 48.5 Å². The third-order valence-corrected chi connectivity index (χ3v) is 8.47. The van der Waals surface area contributed by atoms with Crippen LogP contribution in [0.5, 0.6) is 23.0 Å². The average molecular weight is 641 g/mol. The molecule has 1 aliphatic rings. The number of ketones is 4. The Morgan fingerprint density at radius 2 is 0.521 bits per heavy atom. The van der Waals surface area contributed by atoms with Gasteiger partial charge in [0.05, 0.1) is 0 Å². The molecule has 8 nitrogen and oxygen atoms in total. The molecule has 0 aromatic heterocycles. The number of benzene rings is 4. The molecule has 8 heteroatoms. The molecule has 0 saturated carbocycles. The van der Waals surface area contributed by atoms with Gasteiger partial charge in [-0.1, -0.05) is 26.3 Å². The van der Waals surface area contributed by atoms with E-state index in [-0.39, 0.29) is 115 Å². The number of aromatic hydroxyl groups is 4. The second-order valence-electron chi connectivity index (χ2n) is 11.6. The molecule has 4 aromatic rings. The molecule has 0 saturated heterocycles. The van der Waals surface area contributed by atoms with E-state index in [4.69, 9.17) is 0 Å². The fraction of sp³-hybridized carbons (Fsp3) is 0.100. The van der Waals surface area contributed by atoms with Gasteiger partial charge in [0.2, 0.25) is 0 Å². The highest BCUT2D eigenvalue weighted by Gasteiger charge is 2.24. The molecule has 0 heterocycles. The molecular weight excluding hydrogens is 608 g/mol. The number of allylic oxidation sites excluding steroid dienone is 4. The Morgan fingerprint density at radius 1 is 0.375 bits per heavy atom. The van der Waals surface area contributed by atoms with Gasteiger partial charge >= 0.3 is 0 Å². The summed E-state index contributed by atoms with van der Waals surface area (Å²) in [4.78, 5) is 51.4. The summed E-state index contributed by atoms with van der Waals surface area (Å²) >= 11 is 0. The van der Waals surface area contributed by atoms with Crippen molar-refractivity contribution in [2.75, 3.05) is 0 Å². The smallest absolute Gasteiger partial charge is 0.185 e. The molecule has 240 valence electrons. The van der Waals surface area contributed by atoms with Gasteiger partial charge in [-0.05, 0) is 117 Å².